The minimum absolute atomic E-state index is 0.140. The van der Waals surface area contributed by atoms with Gasteiger partial charge in [0.25, 0.3) is 11.7 Å². The summed E-state index contributed by atoms with van der Waals surface area (Å²) in [6, 6.07) is 8.76. The van der Waals surface area contributed by atoms with Crippen LogP contribution in [0.4, 0.5) is 4.39 Å². The molecular formula is C25H27FN4O3. The summed E-state index contributed by atoms with van der Waals surface area (Å²) in [5.41, 5.74) is 2.39. The van der Waals surface area contributed by atoms with E-state index in [0.29, 0.717) is 24.3 Å². The number of nitrogens with zero attached hydrogens (tertiary/aromatic N) is 4. The number of rotatable bonds is 6. The van der Waals surface area contributed by atoms with Crippen LogP contribution >= 0.6 is 0 Å². The summed E-state index contributed by atoms with van der Waals surface area (Å²) in [7, 11) is 3.83. The lowest BCUT2D eigenvalue weighted by Gasteiger charge is -2.26. The lowest BCUT2D eigenvalue weighted by Crippen LogP contribution is -2.32. The van der Waals surface area contributed by atoms with E-state index in [9.17, 15) is 19.1 Å². The maximum Gasteiger partial charge on any atom is 0.295 e. The molecule has 172 valence electrons. The Hall–Kier alpha value is -3.52. The number of Topliss-reactive ketones (excluding diaryl/α,β-unsaturated/α-hetero) is 1. The van der Waals surface area contributed by atoms with Gasteiger partial charge >= 0.3 is 0 Å². The number of imidazole rings is 1. The third-order valence-electron chi connectivity index (χ3n) is 6.05. The van der Waals surface area contributed by atoms with E-state index >= 15 is 0 Å². The zero-order valence-electron chi connectivity index (χ0n) is 19.2. The standard InChI is InChI=1S/C25H27FN4O3/c1-15-9-7-13-29-16(2)20(27-24(15)29)22(31)19-21(17-10-5-6-11-18(17)26)30(25(33)23(19)32)14-8-12-28(3)4/h5-7,9-11,13,21,31H,8,12,14H2,1-4H3. The summed E-state index contributed by atoms with van der Waals surface area (Å²) in [6.45, 7) is 4.62. The van der Waals surface area contributed by atoms with Gasteiger partial charge in [0.05, 0.1) is 17.3 Å². The molecule has 8 heteroatoms. The van der Waals surface area contributed by atoms with Crippen molar-refractivity contribution in [2.75, 3.05) is 27.2 Å². The number of aliphatic hydroxyl groups excluding tert-OH is 1. The lowest BCUT2D eigenvalue weighted by atomic mass is 9.96. The topological polar surface area (TPSA) is 78.2 Å². The average Bonchev–Trinajstić information content (AvgIpc) is 3.24. The van der Waals surface area contributed by atoms with Crippen molar-refractivity contribution in [2.45, 2.75) is 26.3 Å². The minimum atomic E-state index is -1.03. The van der Waals surface area contributed by atoms with E-state index in [1.807, 2.05) is 48.6 Å². The number of fused-ring (bicyclic) bond motifs is 1. The third kappa shape index (κ3) is 3.91. The van der Waals surface area contributed by atoms with Gasteiger partial charge in [-0.2, -0.15) is 0 Å². The van der Waals surface area contributed by atoms with E-state index in [1.165, 1.54) is 11.0 Å². The highest BCUT2D eigenvalue weighted by Crippen LogP contribution is 2.40. The quantitative estimate of drug-likeness (QED) is 0.354. The number of carbonyl (C=O) groups is 2. The van der Waals surface area contributed by atoms with Crippen LogP contribution in [0.25, 0.3) is 11.4 Å². The number of aryl methyl sites for hydroxylation is 2. The zero-order chi connectivity index (χ0) is 23.9. The van der Waals surface area contributed by atoms with Crippen LogP contribution in [-0.2, 0) is 9.59 Å². The first-order valence-corrected chi connectivity index (χ1v) is 10.8. The number of hydrogen-bond acceptors (Lipinski definition) is 5. The number of pyridine rings is 1. The molecule has 1 unspecified atom stereocenters. The van der Waals surface area contributed by atoms with Crippen LogP contribution in [0.3, 0.4) is 0 Å². The average molecular weight is 451 g/mol. The van der Waals surface area contributed by atoms with E-state index < -0.39 is 29.3 Å². The van der Waals surface area contributed by atoms with Crippen molar-refractivity contribution in [2.24, 2.45) is 0 Å². The molecule has 0 spiro atoms. The molecule has 0 saturated carbocycles. The Morgan fingerprint density at radius 2 is 1.88 bits per heavy atom. The maximum atomic E-state index is 14.9. The van der Waals surface area contributed by atoms with Crippen molar-refractivity contribution < 1.29 is 19.1 Å². The molecular weight excluding hydrogens is 423 g/mol. The monoisotopic (exact) mass is 450 g/mol. The SMILES string of the molecule is Cc1cccn2c(C)c(C(O)=C3C(=O)C(=O)N(CCCN(C)C)C3c3ccccc3F)nc12. The second kappa shape index (κ2) is 8.78. The first-order chi connectivity index (χ1) is 15.7. The summed E-state index contributed by atoms with van der Waals surface area (Å²) in [4.78, 5) is 34.0. The maximum absolute atomic E-state index is 14.9. The molecule has 1 aliphatic heterocycles. The number of carbonyl (C=O) groups excluding carboxylic acids is 2. The Kier molecular flexibility index (Phi) is 6.03. The van der Waals surface area contributed by atoms with Gasteiger partial charge in [-0.25, -0.2) is 9.37 Å². The molecule has 4 rings (SSSR count). The van der Waals surface area contributed by atoms with Gasteiger partial charge in [0.1, 0.15) is 17.2 Å². The van der Waals surface area contributed by atoms with Crippen molar-refractivity contribution in [1.82, 2.24) is 19.2 Å². The number of benzene rings is 1. The summed E-state index contributed by atoms with van der Waals surface area (Å²) in [5.74, 6) is -2.52. The summed E-state index contributed by atoms with van der Waals surface area (Å²) >= 11 is 0. The second-order valence-corrected chi connectivity index (χ2v) is 8.60. The predicted molar refractivity (Wildman–Crippen MR) is 123 cm³/mol. The molecule has 1 amide bonds. The summed E-state index contributed by atoms with van der Waals surface area (Å²) in [6.07, 6.45) is 2.41. The van der Waals surface area contributed by atoms with Gasteiger partial charge in [0, 0.05) is 18.3 Å². The normalized spacial score (nSPS) is 18.1. The van der Waals surface area contributed by atoms with Crippen molar-refractivity contribution in [1.29, 1.82) is 0 Å². The molecule has 2 aromatic heterocycles. The molecule has 3 aromatic rings. The molecule has 1 fully saturated rings. The fourth-order valence-corrected chi connectivity index (χ4v) is 4.36. The molecule has 1 saturated heterocycles. The third-order valence-corrected chi connectivity index (χ3v) is 6.05. The largest absolute Gasteiger partial charge is 0.505 e. The Morgan fingerprint density at radius 1 is 1.15 bits per heavy atom. The predicted octanol–water partition coefficient (Wildman–Crippen LogP) is 3.46. The second-order valence-electron chi connectivity index (χ2n) is 8.60. The zero-order valence-corrected chi connectivity index (χ0v) is 19.2. The van der Waals surface area contributed by atoms with Crippen LogP contribution in [0.2, 0.25) is 0 Å². The first kappa shape index (κ1) is 22.7. The van der Waals surface area contributed by atoms with Gasteiger partial charge in [-0.15, -0.1) is 0 Å². The number of halogens is 1. The van der Waals surface area contributed by atoms with Crippen LogP contribution in [0, 0.1) is 19.7 Å². The van der Waals surface area contributed by atoms with Crippen molar-refractivity contribution in [3.05, 3.63) is 76.5 Å². The molecule has 1 N–H and O–H groups in total. The molecule has 7 nitrogen and oxygen atoms in total. The van der Waals surface area contributed by atoms with Crippen LogP contribution in [0.15, 0.2) is 48.2 Å². The Balaban J connectivity index is 1.89. The van der Waals surface area contributed by atoms with Crippen LogP contribution < -0.4 is 0 Å². The van der Waals surface area contributed by atoms with E-state index in [-0.39, 0.29) is 23.4 Å². The van der Waals surface area contributed by atoms with Crippen molar-refractivity contribution in [3.63, 3.8) is 0 Å². The van der Waals surface area contributed by atoms with Crippen LogP contribution in [0.1, 0.15) is 35.0 Å². The molecule has 1 aromatic carbocycles. The van der Waals surface area contributed by atoms with E-state index in [1.54, 1.807) is 25.1 Å². The first-order valence-electron chi connectivity index (χ1n) is 10.8. The van der Waals surface area contributed by atoms with Crippen molar-refractivity contribution in [3.8, 4) is 0 Å². The van der Waals surface area contributed by atoms with Gasteiger partial charge < -0.3 is 19.3 Å². The molecule has 1 aliphatic rings. The van der Waals surface area contributed by atoms with Crippen LogP contribution in [-0.4, -0.2) is 63.2 Å². The van der Waals surface area contributed by atoms with Gasteiger partial charge in [0.15, 0.2) is 5.76 Å². The number of likely N-dealkylation sites (tertiary alicyclic amines) is 1. The smallest absolute Gasteiger partial charge is 0.295 e. The Morgan fingerprint density at radius 3 is 2.55 bits per heavy atom. The number of amides is 1. The fourth-order valence-electron chi connectivity index (χ4n) is 4.36. The van der Waals surface area contributed by atoms with Crippen LogP contribution in [0.5, 0.6) is 0 Å². The Labute approximate surface area is 191 Å². The molecule has 0 bridgehead atoms. The van der Waals surface area contributed by atoms with Crippen molar-refractivity contribution >= 4 is 23.1 Å². The molecule has 33 heavy (non-hydrogen) atoms. The lowest BCUT2D eigenvalue weighted by molar-refractivity contribution is -0.140. The summed E-state index contributed by atoms with van der Waals surface area (Å²) < 4.78 is 16.7. The number of aromatic nitrogens is 2. The molecule has 0 aliphatic carbocycles. The van der Waals surface area contributed by atoms with E-state index in [4.69, 9.17) is 0 Å². The minimum Gasteiger partial charge on any atom is -0.505 e. The summed E-state index contributed by atoms with van der Waals surface area (Å²) in [5, 5.41) is 11.3. The van der Waals surface area contributed by atoms with E-state index in [2.05, 4.69) is 4.98 Å². The highest BCUT2D eigenvalue weighted by Gasteiger charge is 2.47. The number of ketones is 1. The van der Waals surface area contributed by atoms with Gasteiger partial charge in [-0.1, -0.05) is 24.3 Å². The van der Waals surface area contributed by atoms with Gasteiger partial charge in [0.2, 0.25) is 0 Å². The number of aliphatic hydroxyl groups is 1. The van der Waals surface area contributed by atoms with E-state index in [0.717, 1.165) is 5.56 Å². The highest BCUT2D eigenvalue weighted by molar-refractivity contribution is 6.46. The highest BCUT2D eigenvalue weighted by atomic mass is 19.1. The molecule has 1 atom stereocenters. The molecule has 0 radical (unpaired) electrons. The Bertz CT molecular complexity index is 1280. The fraction of sp³-hybridized carbons (Fsp3) is 0.320. The van der Waals surface area contributed by atoms with Gasteiger partial charge in [-0.05, 0) is 58.6 Å². The molecule has 3 heterocycles. The van der Waals surface area contributed by atoms with Gasteiger partial charge in [-0.3, -0.25) is 9.59 Å². The number of hydrogen-bond donors (Lipinski definition) is 1.